The maximum absolute atomic E-state index is 5.74. The molecule has 2 N–H and O–H groups in total. The first kappa shape index (κ1) is 21.4. The molecule has 0 aromatic heterocycles. The average Bonchev–Trinajstić information content (AvgIpc) is 3.03. The summed E-state index contributed by atoms with van der Waals surface area (Å²) in [6, 6.07) is 8.74. The molecule has 0 bridgehead atoms. The molecule has 1 aliphatic rings. The maximum Gasteiger partial charge on any atom is 0.191 e. The Labute approximate surface area is 167 Å². The van der Waals surface area contributed by atoms with Gasteiger partial charge in [-0.25, -0.2) is 0 Å². The van der Waals surface area contributed by atoms with Crippen molar-refractivity contribution in [2.24, 2.45) is 4.99 Å². The van der Waals surface area contributed by atoms with Gasteiger partial charge in [0.05, 0.1) is 6.61 Å². The molecule has 1 fully saturated rings. The zero-order chi connectivity index (χ0) is 16.5. The van der Waals surface area contributed by atoms with Gasteiger partial charge in [0.15, 0.2) is 5.96 Å². The standard InChI is InChI=1S/C18H29N3OS.HI/c1-14-5-8-16(9-6-14)22-12-4-11-20-18(19-2)21-15-7-10-17(13-15)23-3;/h5-6,8-9,15,17H,4,7,10-13H2,1-3H3,(H2,19,20,21);1H. The molecule has 24 heavy (non-hydrogen) atoms. The Balaban J connectivity index is 0.00000288. The summed E-state index contributed by atoms with van der Waals surface area (Å²) < 4.78 is 5.74. The summed E-state index contributed by atoms with van der Waals surface area (Å²) in [6.45, 7) is 3.66. The van der Waals surface area contributed by atoms with E-state index in [4.69, 9.17) is 4.74 Å². The largest absolute Gasteiger partial charge is 0.494 e. The Hall–Kier alpha value is -0.630. The Morgan fingerprint density at radius 3 is 2.67 bits per heavy atom. The SMILES string of the molecule is CN=C(NCCCOc1ccc(C)cc1)NC1CCC(SC)C1.I. The third-order valence-electron chi connectivity index (χ3n) is 4.19. The van der Waals surface area contributed by atoms with E-state index < -0.39 is 0 Å². The molecule has 0 saturated heterocycles. The van der Waals surface area contributed by atoms with Crippen LogP contribution in [0.4, 0.5) is 0 Å². The van der Waals surface area contributed by atoms with Gasteiger partial charge in [0.25, 0.3) is 0 Å². The highest BCUT2D eigenvalue weighted by atomic mass is 127. The second-order valence-corrected chi connectivity index (χ2v) is 7.16. The van der Waals surface area contributed by atoms with Crippen LogP contribution >= 0.6 is 35.7 Å². The van der Waals surface area contributed by atoms with Crippen LogP contribution in [0.1, 0.15) is 31.2 Å². The second kappa shape index (κ2) is 11.8. The summed E-state index contributed by atoms with van der Waals surface area (Å²) in [4.78, 5) is 4.31. The van der Waals surface area contributed by atoms with Gasteiger partial charge in [-0.1, -0.05) is 17.7 Å². The first-order valence-electron chi connectivity index (χ1n) is 8.40. The molecule has 1 aliphatic carbocycles. The minimum absolute atomic E-state index is 0. The molecule has 2 unspecified atom stereocenters. The van der Waals surface area contributed by atoms with Crippen LogP contribution in [0, 0.1) is 6.92 Å². The fourth-order valence-electron chi connectivity index (χ4n) is 2.78. The van der Waals surface area contributed by atoms with Gasteiger partial charge in [-0.2, -0.15) is 11.8 Å². The van der Waals surface area contributed by atoms with Gasteiger partial charge in [-0.05, 0) is 51.0 Å². The van der Waals surface area contributed by atoms with Crippen molar-refractivity contribution in [2.75, 3.05) is 26.5 Å². The number of nitrogens with one attached hydrogen (secondary N) is 2. The minimum Gasteiger partial charge on any atom is -0.494 e. The number of benzene rings is 1. The number of hydrogen-bond acceptors (Lipinski definition) is 3. The highest BCUT2D eigenvalue weighted by Gasteiger charge is 2.24. The van der Waals surface area contributed by atoms with Crippen molar-refractivity contribution in [3.63, 3.8) is 0 Å². The molecule has 0 aliphatic heterocycles. The zero-order valence-corrected chi connectivity index (χ0v) is 18.0. The minimum atomic E-state index is 0. The van der Waals surface area contributed by atoms with Crippen LogP contribution in [0.25, 0.3) is 0 Å². The van der Waals surface area contributed by atoms with Gasteiger partial charge < -0.3 is 15.4 Å². The Kier molecular flexibility index (Phi) is 10.6. The van der Waals surface area contributed by atoms with Crippen LogP contribution in [0.2, 0.25) is 0 Å². The van der Waals surface area contributed by atoms with Crippen LogP contribution in [0.3, 0.4) is 0 Å². The predicted octanol–water partition coefficient (Wildman–Crippen LogP) is 3.83. The number of halogens is 1. The third kappa shape index (κ3) is 7.51. The van der Waals surface area contributed by atoms with E-state index in [1.165, 1.54) is 24.8 Å². The van der Waals surface area contributed by atoms with E-state index in [1.807, 2.05) is 30.9 Å². The molecule has 1 aromatic rings. The molecule has 0 heterocycles. The number of ether oxygens (including phenoxy) is 1. The molecule has 1 saturated carbocycles. The van der Waals surface area contributed by atoms with Crippen molar-refractivity contribution in [3.05, 3.63) is 29.8 Å². The van der Waals surface area contributed by atoms with Crippen molar-refractivity contribution in [1.29, 1.82) is 0 Å². The normalized spacial score (nSPS) is 20.4. The van der Waals surface area contributed by atoms with Gasteiger partial charge in [0.1, 0.15) is 5.75 Å². The van der Waals surface area contributed by atoms with Gasteiger partial charge >= 0.3 is 0 Å². The van der Waals surface area contributed by atoms with E-state index in [-0.39, 0.29) is 24.0 Å². The van der Waals surface area contributed by atoms with Gasteiger partial charge in [-0.15, -0.1) is 24.0 Å². The monoisotopic (exact) mass is 463 g/mol. The highest BCUT2D eigenvalue weighted by molar-refractivity contribution is 14.0. The van der Waals surface area contributed by atoms with E-state index in [2.05, 4.69) is 40.9 Å². The zero-order valence-electron chi connectivity index (χ0n) is 14.9. The van der Waals surface area contributed by atoms with Crippen LogP contribution in [0.15, 0.2) is 29.3 Å². The van der Waals surface area contributed by atoms with Crippen molar-refractivity contribution < 1.29 is 4.74 Å². The number of hydrogen-bond donors (Lipinski definition) is 2. The lowest BCUT2D eigenvalue weighted by molar-refractivity contribution is 0.311. The van der Waals surface area contributed by atoms with E-state index in [9.17, 15) is 0 Å². The van der Waals surface area contributed by atoms with Crippen molar-refractivity contribution in [2.45, 2.75) is 43.9 Å². The predicted molar refractivity (Wildman–Crippen MR) is 116 cm³/mol. The van der Waals surface area contributed by atoms with Crippen molar-refractivity contribution in [3.8, 4) is 5.75 Å². The number of aliphatic imine (C=N–C) groups is 1. The summed E-state index contributed by atoms with van der Waals surface area (Å²) in [6.07, 6.45) is 6.93. The number of guanidine groups is 1. The lowest BCUT2D eigenvalue weighted by Crippen LogP contribution is -2.43. The van der Waals surface area contributed by atoms with Crippen molar-refractivity contribution >= 4 is 41.7 Å². The highest BCUT2D eigenvalue weighted by Crippen LogP contribution is 2.27. The third-order valence-corrected chi connectivity index (χ3v) is 5.28. The van der Waals surface area contributed by atoms with E-state index in [0.717, 1.165) is 29.9 Å². The molecule has 136 valence electrons. The van der Waals surface area contributed by atoms with E-state index in [1.54, 1.807) is 0 Å². The van der Waals surface area contributed by atoms with Gasteiger partial charge in [0, 0.05) is 24.9 Å². The molecule has 2 atom stereocenters. The molecule has 0 spiro atoms. The lowest BCUT2D eigenvalue weighted by Gasteiger charge is -2.17. The number of nitrogens with zero attached hydrogens (tertiary/aromatic N) is 1. The van der Waals surface area contributed by atoms with Crippen molar-refractivity contribution in [1.82, 2.24) is 10.6 Å². The average molecular weight is 463 g/mol. The number of thioether (sulfide) groups is 1. The quantitative estimate of drug-likeness (QED) is 0.279. The maximum atomic E-state index is 5.74. The summed E-state index contributed by atoms with van der Waals surface area (Å²) in [7, 11) is 1.83. The topological polar surface area (TPSA) is 45.7 Å². The fourth-order valence-corrected chi connectivity index (χ4v) is 3.57. The van der Waals surface area contributed by atoms with Crippen LogP contribution in [-0.4, -0.2) is 43.7 Å². The Morgan fingerprint density at radius 2 is 2.04 bits per heavy atom. The number of rotatable bonds is 7. The lowest BCUT2D eigenvalue weighted by atomic mass is 10.2. The van der Waals surface area contributed by atoms with Crippen LogP contribution in [0.5, 0.6) is 5.75 Å². The molecule has 0 radical (unpaired) electrons. The second-order valence-electron chi connectivity index (χ2n) is 6.03. The Morgan fingerprint density at radius 1 is 1.29 bits per heavy atom. The molecule has 4 nitrogen and oxygen atoms in total. The summed E-state index contributed by atoms with van der Waals surface area (Å²) in [5.41, 5.74) is 1.25. The van der Waals surface area contributed by atoms with E-state index >= 15 is 0 Å². The van der Waals surface area contributed by atoms with Crippen LogP contribution in [-0.2, 0) is 0 Å². The molecule has 2 rings (SSSR count). The van der Waals surface area contributed by atoms with Gasteiger partial charge in [0.2, 0.25) is 0 Å². The summed E-state index contributed by atoms with van der Waals surface area (Å²) in [5.74, 6) is 1.85. The van der Waals surface area contributed by atoms with Crippen LogP contribution < -0.4 is 15.4 Å². The smallest absolute Gasteiger partial charge is 0.191 e. The first-order valence-corrected chi connectivity index (χ1v) is 9.69. The first-order chi connectivity index (χ1) is 11.2. The fraction of sp³-hybridized carbons (Fsp3) is 0.611. The molecule has 0 amide bonds. The van der Waals surface area contributed by atoms with Gasteiger partial charge in [-0.3, -0.25) is 4.99 Å². The molecular formula is C18H30IN3OS. The van der Waals surface area contributed by atoms with E-state index in [0.29, 0.717) is 12.6 Å². The number of aryl methyl sites for hydroxylation is 1. The molecular weight excluding hydrogens is 433 g/mol. The Bertz CT molecular complexity index is 496. The summed E-state index contributed by atoms with van der Waals surface area (Å²) >= 11 is 1.98. The molecule has 1 aromatic carbocycles. The molecule has 6 heteroatoms. The summed E-state index contributed by atoms with van der Waals surface area (Å²) in [5, 5.41) is 7.71.